The van der Waals surface area contributed by atoms with Crippen LogP contribution in [0.2, 0.25) is 0 Å². The number of amides is 2. The van der Waals surface area contributed by atoms with Crippen molar-refractivity contribution in [2.45, 2.75) is 52.1 Å². The number of halogens is 1. The van der Waals surface area contributed by atoms with E-state index < -0.39 is 6.04 Å². The molecular weight excluding hydrogens is 387 g/mol. The highest BCUT2D eigenvalue weighted by atomic mass is 32.2. The Labute approximate surface area is 176 Å². The molecule has 2 rings (SSSR count). The van der Waals surface area contributed by atoms with E-state index in [4.69, 9.17) is 0 Å². The maximum Gasteiger partial charge on any atom is 0.242 e. The first-order chi connectivity index (χ1) is 13.8. The number of rotatable bonds is 9. The smallest absolute Gasteiger partial charge is 0.242 e. The zero-order valence-corrected chi connectivity index (χ0v) is 18.3. The summed E-state index contributed by atoms with van der Waals surface area (Å²) >= 11 is 1.49. The van der Waals surface area contributed by atoms with Crippen LogP contribution in [-0.4, -0.2) is 34.6 Å². The van der Waals surface area contributed by atoms with Crippen LogP contribution in [0.3, 0.4) is 0 Å². The number of thioether (sulfide) groups is 1. The van der Waals surface area contributed by atoms with E-state index in [1.807, 2.05) is 39.0 Å². The van der Waals surface area contributed by atoms with E-state index in [0.29, 0.717) is 11.3 Å². The van der Waals surface area contributed by atoms with Gasteiger partial charge in [-0.3, -0.25) is 9.59 Å². The molecule has 2 aromatic rings. The third-order valence-corrected chi connectivity index (χ3v) is 5.46. The lowest BCUT2D eigenvalue weighted by atomic mass is 10.1. The Kier molecular flexibility index (Phi) is 8.70. The minimum atomic E-state index is -0.691. The summed E-state index contributed by atoms with van der Waals surface area (Å²) < 4.78 is 14.2. The van der Waals surface area contributed by atoms with Crippen LogP contribution in [0.4, 0.5) is 4.39 Å². The number of hydrogen-bond donors (Lipinski definition) is 1. The second-order valence-corrected chi connectivity index (χ2v) is 8.42. The number of nitrogens with one attached hydrogen (secondary N) is 1. The minimum absolute atomic E-state index is 0.0361. The maximum absolute atomic E-state index is 14.2. The average molecular weight is 417 g/mol. The Morgan fingerprint density at radius 3 is 2.48 bits per heavy atom. The standard InChI is InChI=1S/C23H29FN2O2S/c1-16(2)25-23(28)18(4)26(13-20-10-5-6-11-21(20)24)22(27)15-29-14-19-9-7-8-17(3)12-19/h5-12,16,18H,13-15H2,1-4H3,(H,25,28)/t18-/m1/s1. The lowest BCUT2D eigenvalue weighted by Crippen LogP contribution is -2.49. The number of aryl methyl sites for hydroxylation is 1. The van der Waals surface area contributed by atoms with Crippen LogP contribution in [-0.2, 0) is 21.9 Å². The van der Waals surface area contributed by atoms with Crippen LogP contribution < -0.4 is 5.32 Å². The Morgan fingerprint density at radius 1 is 1.10 bits per heavy atom. The van der Waals surface area contributed by atoms with E-state index in [9.17, 15) is 14.0 Å². The summed E-state index contributed by atoms with van der Waals surface area (Å²) in [6.45, 7) is 7.51. The molecule has 0 fully saturated rings. The fourth-order valence-corrected chi connectivity index (χ4v) is 3.80. The van der Waals surface area contributed by atoms with Gasteiger partial charge >= 0.3 is 0 Å². The number of nitrogens with zero attached hydrogens (tertiary/aromatic N) is 1. The zero-order valence-electron chi connectivity index (χ0n) is 17.4. The first-order valence-electron chi connectivity index (χ1n) is 9.74. The summed E-state index contributed by atoms with van der Waals surface area (Å²) in [6.07, 6.45) is 0. The topological polar surface area (TPSA) is 49.4 Å². The van der Waals surface area contributed by atoms with Gasteiger partial charge in [0.1, 0.15) is 11.9 Å². The van der Waals surface area contributed by atoms with E-state index in [-0.39, 0.29) is 36.0 Å². The van der Waals surface area contributed by atoms with Gasteiger partial charge in [0.15, 0.2) is 0 Å². The summed E-state index contributed by atoms with van der Waals surface area (Å²) in [5.41, 5.74) is 2.72. The molecule has 0 bridgehead atoms. The van der Waals surface area contributed by atoms with Crippen molar-refractivity contribution in [2.75, 3.05) is 5.75 Å². The van der Waals surface area contributed by atoms with E-state index >= 15 is 0 Å². The summed E-state index contributed by atoms with van der Waals surface area (Å²) in [7, 11) is 0. The molecule has 0 radical (unpaired) electrons. The summed E-state index contributed by atoms with van der Waals surface area (Å²) in [6, 6.07) is 13.8. The molecule has 0 aromatic heterocycles. The van der Waals surface area contributed by atoms with Crippen LogP contribution >= 0.6 is 11.8 Å². The lowest BCUT2D eigenvalue weighted by Gasteiger charge is -2.29. The quantitative estimate of drug-likeness (QED) is 0.663. The Morgan fingerprint density at radius 2 is 1.83 bits per heavy atom. The fraction of sp³-hybridized carbons (Fsp3) is 0.391. The van der Waals surface area contributed by atoms with Gasteiger partial charge in [0.05, 0.1) is 5.75 Å². The molecule has 29 heavy (non-hydrogen) atoms. The van der Waals surface area contributed by atoms with Crippen LogP contribution in [0.1, 0.15) is 37.5 Å². The molecule has 0 heterocycles. The Hall–Kier alpha value is -2.34. The highest BCUT2D eigenvalue weighted by Crippen LogP contribution is 2.18. The Bertz CT molecular complexity index is 841. The van der Waals surface area contributed by atoms with Crippen molar-refractivity contribution in [3.8, 4) is 0 Å². The summed E-state index contributed by atoms with van der Waals surface area (Å²) in [4.78, 5) is 26.9. The van der Waals surface area contributed by atoms with Gasteiger partial charge in [0.2, 0.25) is 11.8 Å². The molecule has 0 aliphatic carbocycles. The van der Waals surface area contributed by atoms with Gasteiger partial charge in [-0.2, -0.15) is 0 Å². The van der Waals surface area contributed by atoms with Crippen LogP contribution in [0.25, 0.3) is 0 Å². The Balaban J connectivity index is 2.09. The molecule has 0 unspecified atom stereocenters. The number of hydrogen-bond acceptors (Lipinski definition) is 3. The molecule has 2 aromatic carbocycles. The predicted molar refractivity (Wildman–Crippen MR) is 117 cm³/mol. The van der Waals surface area contributed by atoms with Gasteiger partial charge in [0.25, 0.3) is 0 Å². The normalized spacial score (nSPS) is 11.9. The number of carbonyl (C=O) groups excluding carboxylic acids is 2. The van der Waals surface area contributed by atoms with Gasteiger partial charge in [-0.25, -0.2) is 4.39 Å². The van der Waals surface area contributed by atoms with Crippen LogP contribution in [0, 0.1) is 12.7 Å². The van der Waals surface area contributed by atoms with Gasteiger partial charge in [-0.15, -0.1) is 11.8 Å². The molecule has 0 aliphatic rings. The van der Waals surface area contributed by atoms with Crippen molar-refractivity contribution in [1.82, 2.24) is 10.2 Å². The first kappa shape index (κ1) is 22.9. The predicted octanol–water partition coefficient (Wildman–Crippen LogP) is 4.31. The number of carbonyl (C=O) groups is 2. The van der Waals surface area contributed by atoms with Crippen molar-refractivity contribution in [2.24, 2.45) is 0 Å². The van der Waals surface area contributed by atoms with Gasteiger partial charge in [-0.05, 0) is 39.3 Å². The first-order valence-corrected chi connectivity index (χ1v) is 10.9. The lowest BCUT2D eigenvalue weighted by molar-refractivity contribution is -0.138. The van der Waals surface area contributed by atoms with Crippen molar-refractivity contribution in [3.63, 3.8) is 0 Å². The molecule has 0 aliphatic heterocycles. The molecule has 1 atom stereocenters. The van der Waals surface area contributed by atoms with Crippen molar-refractivity contribution >= 4 is 23.6 Å². The SMILES string of the molecule is Cc1cccc(CSCC(=O)N(Cc2ccccc2F)[C@H](C)C(=O)NC(C)C)c1. The molecule has 4 nitrogen and oxygen atoms in total. The highest BCUT2D eigenvalue weighted by molar-refractivity contribution is 7.99. The van der Waals surface area contributed by atoms with E-state index in [0.717, 1.165) is 5.56 Å². The van der Waals surface area contributed by atoms with E-state index in [1.165, 1.54) is 28.3 Å². The largest absolute Gasteiger partial charge is 0.352 e. The van der Waals surface area contributed by atoms with Crippen molar-refractivity contribution < 1.29 is 14.0 Å². The van der Waals surface area contributed by atoms with E-state index in [1.54, 1.807) is 25.1 Å². The highest BCUT2D eigenvalue weighted by Gasteiger charge is 2.27. The summed E-state index contributed by atoms with van der Waals surface area (Å²) in [5, 5.41) is 2.83. The molecular formula is C23H29FN2O2S. The van der Waals surface area contributed by atoms with Gasteiger partial charge in [0, 0.05) is 23.9 Å². The second-order valence-electron chi connectivity index (χ2n) is 7.43. The third-order valence-electron chi connectivity index (χ3n) is 4.47. The molecule has 156 valence electrons. The molecule has 0 spiro atoms. The van der Waals surface area contributed by atoms with Gasteiger partial charge in [-0.1, -0.05) is 48.0 Å². The van der Waals surface area contributed by atoms with E-state index in [2.05, 4.69) is 11.4 Å². The van der Waals surface area contributed by atoms with Crippen LogP contribution in [0.15, 0.2) is 48.5 Å². The molecule has 1 N–H and O–H groups in total. The third kappa shape index (κ3) is 7.20. The zero-order chi connectivity index (χ0) is 21.4. The molecule has 6 heteroatoms. The minimum Gasteiger partial charge on any atom is -0.352 e. The number of benzene rings is 2. The monoisotopic (exact) mass is 416 g/mol. The molecule has 0 saturated heterocycles. The van der Waals surface area contributed by atoms with Crippen molar-refractivity contribution in [3.05, 3.63) is 71.0 Å². The van der Waals surface area contributed by atoms with Gasteiger partial charge < -0.3 is 10.2 Å². The molecule has 2 amide bonds. The second kappa shape index (κ2) is 11.0. The summed E-state index contributed by atoms with van der Waals surface area (Å²) in [5.74, 6) is 0.120. The maximum atomic E-state index is 14.2. The average Bonchev–Trinajstić information content (AvgIpc) is 2.66. The van der Waals surface area contributed by atoms with Crippen LogP contribution in [0.5, 0.6) is 0 Å². The molecule has 0 saturated carbocycles. The van der Waals surface area contributed by atoms with Crippen molar-refractivity contribution in [1.29, 1.82) is 0 Å². The fourth-order valence-electron chi connectivity index (χ4n) is 2.94.